The van der Waals surface area contributed by atoms with E-state index in [1.54, 1.807) is 36.4 Å². The number of para-hydroxylation sites is 2. The quantitative estimate of drug-likeness (QED) is 0.912. The lowest BCUT2D eigenvalue weighted by atomic mass is 10.2. The molecule has 1 atom stereocenters. The Labute approximate surface area is 127 Å². The summed E-state index contributed by atoms with van der Waals surface area (Å²) in [7, 11) is 0. The molecular weight excluding hydrogens is 287 g/mol. The van der Waals surface area contributed by atoms with Crippen LogP contribution in [0, 0.1) is 5.82 Å². The number of hydrogen-bond donors (Lipinski definition) is 2. The SMILES string of the molecule is C[C@H](NC(=O)Oc1ccccc1)C(=O)Nc1ccccc1F. The van der Waals surface area contributed by atoms with Gasteiger partial charge in [0.15, 0.2) is 0 Å². The van der Waals surface area contributed by atoms with E-state index in [1.807, 2.05) is 0 Å². The summed E-state index contributed by atoms with van der Waals surface area (Å²) in [5, 5.41) is 4.77. The van der Waals surface area contributed by atoms with Crippen LogP contribution in [0.25, 0.3) is 0 Å². The normalized spacial score (nSPS) is 11.4. The van der Waals surface area contributed by atoms with Crippen LogP contribution in [0.1, 0.15) is 6.92 Å². The Morgan fingerprint density at radius 3 is 2.36 bits per heavy atom. The number of ether oxygens (including phenoxy) is 1. The lowest BCUT2D eigenvalue weighted by Crippen LogP contribution is -2.43. The zero-order valence-electron chi connectivity index (χ0n) is 11.9. The van der Waals surface area contributed by atoms with Crippen LogP contribution in [-0.2, 0) is 4.79 Å². The van der Waals surface area contributed by atoms with E-state index in [-0.39, 0.29) is 5.69 Å². The molecule has 0 fully saturated rings. The summed E-state index contributed by atoms with van der Waals surface area (Å²) < 4.78 is 18.4. The monoisotopic (exact) mass is 302 g/mol. The summed E-state index contributed by atoms with van der Waals surface area (Å²) in [6.07, 6.45) is -0.762. The van der Waals surface area contributed by atoms with Gasteiger partial charge in [0.1, 0.15) is 17.6 Å². The summed E-state index contributed by atoms with van der Waals surface area (Å²) in [5.41, 5.74) is 0.0533. The molecule has 0 bridgehead atoms. The Balaban J connectivity index is 1.88. The highest BCUT2D eigenvalue weighted by Gasteiger charge is 2.17. The number of hydrogen-bond acceptors (Lipinski definition) is 3. The van der Waals surface area contributed by atoms with E-state index in [0.29, 0.717) is 5.75 Å². The van der Waals surface area contributed by atoms with Gasteiger partial charge in [-0.25, -0.2) is 9.18 Å². The molecule has 0 unspecified atom stereocenters. The summed E-state index contributed by atoms with van der Waals surface area (Å²) >= 11 is 0. The van der Waals surface area contributed by atoms with Gasteiger partial charge in [-0.2, -0.15) is 0 Å². The lowest BCUT2D eigenvalue weighted by molar-refractivity contribution is -0.117. The first-order valence-corrected chi connectivity index (χ1v) is 6.65. The summed E-state index contributed by atoms with van der Waals surface area (Å²) in [5.74, 6) is -0.730. The van der Waals surface area contributed by atoms with Crippen molar-refractivity contribution in [2.75, 3.05) is 5.32 Å². The van der Waals surface area contributed by atoms with Gasteiger partial charge >= 0.3 is 6.09 Å². The number of anilines is 1. The van der Waals surface area contributed by atoms with Crippen molar-refractivity contribution in [2.24, 2.45) is 0 Å². The van der Waals surface area contributed by atoms with Crippen molar-refractivity contribution in [1.29, 1.82) is 0 Å². The molecule has 6 heteroatoms. The lowest BCUT2D eigenvalue weighted by Gasteiger charge is -2.14. The highest BCUT2D eigenvalue weighted by molar-refractivity contribution is 5.96. The molecular formula is C16H15FN2O3. The Hall–Kier alpha value is -2.89. The number of halogens is 1. The molecule has 114 valence electrons. The molecule has 2 aromatic rings. The number of carbonyl (C=O) groups is 2. The predicted octanol–water partition coefficient (Wildman–Crippen LogP) is 2.94. The fraction of sp³-hybridized carbons (Fsp3) is 0.125. The second-order valence-corrected chi connectivity index (χ2v) is 4.54. The number of nitrogens with one attached hydrogen (secondary N) is 2. The molecule has 0 aliphatic rings. The van der Waals surface area contributed by atoms with Crippen molar-refractivity contribution in [2.45, 2.75) is 13.0 Å². The molecule has 0 saturated carbocycles. The summed E-state index contributed by atoms with van der Waals surface area (Å²) in [4.78, 5) is 23.6. The molecule has 2 amide bonds. The first kappa shape index (κ1) is 15.5. The number of carbonyl (C=O) groups excluding carboxylic acids is 2. The van der Waals surface area contributed by atoms with Crippen LogP contribution in [-0.4, -0.2) is 18.0 Å². The molecule has 0 spiro atoms. The van der Waals surface area contributed by atoms with Crippen molar-refractivity contribution < 1.29 is 18.7 Å². The van der Waals surface area contributed by atoms with Gasteiger partial charge in [-0.05, 0) is 31.2 Å². The van der Waals surface area contributed by atoms with E-state index in [2.05, 4.69) is 10.6 Å². The molecule has 0 aliphatic heterocycles. The standard InChI is InChI=1S/C16H15FN2O3/c1-11(15(20)19-14-10-6-5-9-13(14)17)18-16(21)22-12-7-3-2-4-8-12/h2-11H,1H3,(H,18,21)(H,19,20)/t11-/m0/s1. The molecule has 2 rings (SSSR count). The minimum absolute atomic E-state index is 0.0533. The van der Waals surface area contributed by atoms with Gasteiger partial charge in [-0.1, -0.05) is 30.3 Å². The van der Waals surface area contributed by atoms with E-state index < -0.39 is 23.9 Å². The number of rotatable bonds is 4. The third kappa shape index (κ3) is 4.31. The zero-order valence-corrected chi connectivity index (χ0v) is 11.9. The van der Waals surface area contributed by atoms with Crippen molar-refractivity contribution >= 4 is 17.7 Å². The van der Waals surface area contributed by atoms with Gasteiger partial charge in [0, 0.05) is 0 Å². The molecule has 0 heterocycles. The van der Waals surface area contributed by atoms with Crippen LogP contribution in [0.4, 0.5) is 14.9 Å². The first-order chi connectivity index (χ1) is 10.6. The van der Waals surface area contributed by atoms with Crippen LogP contribution in [0.15, 0.2) is 54.6 Å². The van der Waals surface area contributed by atoms with Crippen molar-refractivity contribution in [1.82, 2.24) is 5.32 Å². The third-order valence-electron chi connectivity index (χ3n) is 2.81. The van der Waals surface area contributed by atoms with Crippen LogP contribution in [0.3, 0.4) is 0 Å². The minimum Gasteiger partial charge on any atom is -0.410 e. The smallest absolute Gasteiger partial charge is 0.410 e. The van der Waals surface area contributed by atoms with Crippen LogP contribution in [0.5, 0.6) is 5.75 Å². The fourth-order valence-corrected chi connectivity index (χ4v) is 1.67. The predicted molar refractivity (Wildman–Crippen MR) is 80.1 cm³/mol. The molecule has 0 radical (unpaired) electrons. The van der Waals surface area contributed by atoms with E-state index in [9.17, 15) is 14.0 Å². The van der Waals surface area contributed by atoms with E-state index in [4.69, 9.17) is 4.74 Å². The fourth-order valence-electron chi connectivity index (χ4n) is 1.67. The maximum atomic E-state index is 13.4. The summed E-state index contributed by atoms with van der Waals surface area (Å²) in [6, 6.07) is 13.4. The Bertz CT molecular complexity index is 661. The highest BCUT2D eigenvalue weighted by atomic mass is 19.1. The third-order valence-corrected chi connectivity index (χ3v) is 2.81. The average molecular weight is 302 g/mol. The van der Waals surface area contributed by atoms with E-state index in [1.165, 1.54) is 25.1 Å². The molecule has 0 aromatic heterocycles. The van der Waals surface area contributed by atoms with Gasteiger partial charge in [0.05, 0.1) is 5.69 Å². The Kier molecular flexibility index (Phi) is 5.08. The molecule has 22 heavy (non-hydrogen) atoms. The van der Waals surface area contributed by atoms with E-state index in [0.717, 1.165) is 0 Å². The molecule has 2 aromatic carbocycles. The van der Waals surface area contributed by atoms with E-state index >= 15 is 0 Å². The minimum atomic E-state index is -0.879. The van der Waals surface area contributed by atoms with Gasteiger partial charge in [-0.15, -0.1) is 0 Å². The average Bonchev–Trinajstić information content (AvgIpc) is 2.50. The number of benzene rings is 2. The highest BCUT2D eigenvalue weighted by Crippen LogP contribution is 2.12. The van der Waals surface area contributed by atoms with Crippen molar-refractivity contribution in [3.63, 3.8) is 0 Å². The molecule has 2 N–H and O–H groups in total. The second-order valence-electron chi connectivity index (χ2n) is 4.54. The van der Waals surface area contributed by atoms with Gasteiger partial charge in [0.25, 0.3) is 0 Å². The summed E-state index contributed by atoms with van der Waals surface area (Å²) in [6.45, 7) is 1.47. The van der Waals surface area contributed by atoms with Gasteiger partial charge in [-0.3, -0.25) is 4.79 Å². The topological polar surface area (TPSA) is 67.4 Å². The largest absolute Gasteiger partial charge is 0.413 e. The van der Waals surface area contributed by atoms with Crippen molar-refractivity contribution in [3.8, 4) is 5.75 Å². The van der Waals surface area contributed by atoms with Crippen molar-refractivity contribution in [3.05, 3.63) is 60.4 Å². The van der Waals surface area contributed by atoms with Crippen LogP contribution < -0.4 is 15.4 Å². The Morgan fingerprint density at radius 2 is 1.68 bits per heavy atom. The maximum absolute atomic E-state index is 13.4. The molecule has 0 saturated heterocycles. The van der Waals surface area contributed by atoms with Crippen LogP contribution >= 0.6 is 0 Å². The second kappa shape index (κ2) is 7.21. The van der Waals surface area contributed by atoms with Gasteiger partial charge < -0.3 is 15.4 Å². The maximum Gasteiger partial charge on any atom is 0.413 e. The zero-order chi connectivity index (χ0) is 15.9. The van der Waals surface area contributed by atoms with Gasteiger partial charge in [0.2, 0.25) is 5.91 Å². The molecule has 5 nitrogen and oxygen atoms in total. The number of amides is 2. The first-order valence-electron chi connectivity index (χ1n) is 6.65. The van der Waals surface area contributed by atoms with Crippen LogP contribution in [0.2, 0.25) is 0 Å². The molecule has 0 aliphatic carbocycles. The Morgan fingerprint density at radius 1 is 1.05 bits per heavy atom.